The first-order chi connectivity index (χ1) is 7.69. The number of ether oxygens (including phenoxy) is 1. The summed E-state index contributed by atoms with van der Waals surface area (Å²) in [6.07, 6.45) is 3.44. The number of nitrogens with zero attached hydrogens (tertiary/aromatic N) is 3. The summed E-state index contributed by atoms with van der Waals surface area (Å²) in [5, 5.41) is 0. The van der Waals surface area contributed by atoms with Crippen molar-refractivity contribution < 1.29 is 4.74 Å². The second-order valence-corrected chi connectivity index (χ2v) is 4.05. The van der Waals surface area contributed by atoms with Gasteiger partial charge >= 0.3 is 0 Å². The summed E-state index contributed by atoms with van der Waals surface area (Å²) in [5.74, 6) is 1.24. The molecule has 0 unspecified atom stereocenters. The zero-order valence-electron chi connectivity index (χ0n) is 9.98. The fraction of sp³-hybridized carbons (Fsp3) is 0.636. The molecule has 1 heterocycles. The molecular formula is C11H18ClN3O. The number of methoxy groups -OCH3 is 1. The van der Waals surface area contributed by atoms with Crippen molar-refractivity contribution in [1.82, 2.24) is 9.97 Å². The van der Waals surface area contributed by atoms with Gasteiger partial charge < -0.3 is 9.64 Å². The quantitative estimate of drug-likeness (QED) is 0.717. The number of anilines is 1. The highest BCUT2D eigenvalue weighted by Gasteiger charge is 2.12. The topological polar surface area (TPSA) is 38.2 Å². The van der Waals surface area contributed by atoms with Crippen molar-refractivity contribution in [2.75, 3.05) is 25.2 Å². The molecule has 0 N–H and O–H groups in total. The van der Waals surface area contributed by atoms with Crippen LogP contribution in [0.3, 0.4) is 0 Å². The van der Waals surface area contributed by atoms with E-state index in [2.05, 4.69) is 28.7 Å². The minimum absolute atomic E-state index is 0.357. The van der Waals surface area contributed by atoms with Gasteiger partial charge in [0.05, 0.1) is 24.4 Å². The van der Waals surface area contributed by atoms with Crippen LogP contribution < -0.4 is 4.90 Å². The lowest BCUT2D eigenvalue weighted by Crippen LogP contribution is -2.34. The molecule has 4 nitrogen and oxygen atoms in total. The molecular weight excluding hydrogens is 226 g/mol. The van der Waals surface area contributed by atoms with E-state index in [1.165, 1.54) is 0 Å². The van der Waals surface area contributed by atoms with E-state index < -0.39 is 0 Å². The van der Waals surface area contributed by atoms with Crippen LogP contribution in [-0.4, -0.2) is 36.3 Å². The highest BCUT2D eigenvalue weighted by atomic mass is 35.5. The van der Waals surface area contributed by atoms with Crippen LogP contribution in [0.25, 0.3) is 0 Å². The van der Waals surface area contributed by atoms with Crippen LogP contribution in [0.2, 0.25) is 0 Å². The zero-order chi connectivity index (χ0) is 12.0. The number of alkyl halides is 1. The Hall–Kier alpha value is -0.870. The highest BCUT2D eigenvalue weighted by molar-refractivity contribution is 6.16. The molecule has 1 aromatic rings. The lowest BCUT2D eigenvalue weighted by atomic mass is 10.3. The average Bonchev–Trinajstić information content (AvgIpc) is 2.29. The predicted molar refractivity (Wildman–Crippen MR) is 65.9 cm³/mol. The Kier molecular flexibility index (Phi) is 5.49. The van der Waals surface area contributed by atoms with Crippen LogP contribution in [0.4, 0.5) is 5.82 Å². The van der Waals surface area contributed by atoms with Crippen molar-refractivity contribution in [2.24, 2.45) is 0 Å². The van der Waals surface area contributed by atoms with Crippen molar-refractivity contribution >= 4 is 17.4 Å². The number of hydrogen-bond donors (Lipinski definition) is 0. The molecule has 90 valence electrons. The van der Waals surface area contributed by atoms with Gasteiger partial charge in [0.2, 0.25) is 0 Å². The third-order valence-electron chi connectivity index (χ3n) is 2.26. The van der Waals surface area contributed by atoms with Gasteiger partial charge in [0, 0.05) is 25.9 Å². The normalized spacial score (nSPS) is 10.8. The van der Waals surface area contributed by atoms with Gasteiger partial charge in [0.15, 0.2) is 0 Å². The van der Waals surface area contributed by atoms with Crippen LogP contribution in [0.1, 0.15) is 19.5 Å². The van der Waals surface area contributed by atoms with Crippen molar-refractivity contribution in [1.29, 1.82) is 0 Å². The Morgan fingerprint density at radius 3 is 2.75 bits per heavy atom. The lowest BCUT2D eigenvalue weighted by molar-refractivity contribution is 0.203. The summed E-state index contributed by atoms with van der Waals surface area (Å²) < 4.78 is 5.08. The molecule has 0 saturated heterocycles. The Bertz CT molecular complexity index is 320. The fourth-order valence-electron chi connectivity index (χ4n) is 1.42. The van der Waals surface area contributed by atoms with Crippen molar-refractivity contribution in [3.05, 3.63) is 18.1 Å². The minimum Gasteiger partial charge on any atom is -0.383 e. The van der Waals surface area contributed by atoms with Crippen LogP contribution in [0.5, 0.6) is 0 Å². The van der Waals surface area contributed by atoms with Gasteiger partial charge in [-0.25, -0.2) is 4.98 Å². The molecule has 0 amide bonds. The average molecular weight is 244 g/mol. The van der Waals surface area contributed by atoms with Gasteiger partial charge in [-0.3, -0.25) is 4.98 Å². The number of rotatable bonds is 6. The third kappa shape index (κ3) is 3.61. The standard InChI is InChI=1S/C11H18ClN3O/c1-9(2)15(4-5-16-3)11-8-13-7-10(6-12)14-11/h7-9H,4-6H2,1-3H3. The first kappa shape index (κ1) is 13.2. The molecule has 16 heavy (non-hydrogen) atoms. The fourth-order valence-corrected chi connectivity index (χ4v) is 1.55. The monoisotopic (exact) mass is 243 g/mol. The molecule has 0 bridgehead atoms. The van der Waals surface area contributed by atoms with Crippen molar-refractivity contribution in [2.45, 2.75) is 25.8 Å². The van der Waals surface area contributed by atoms with E-state index in [0.717, 1.165) is 18.1 Å². The summed E-state index contributed by atoms with van der Waals surface area (Å²) in [7, 11) is 1.69. The molecule has 1 rings (SSSR count). The maximum absolute atomic E-state index is 5.74. The van der Waals surface area contributed by atoms with Crippen LogP contribution >= 0.6 is 11.6 Å². The Morgan fingerprint density at radius 2 is 2.19 bits per heavy atom. The molecule has 0 spiro atoms. The summed E-state index contributed by atoms with van der Waals surface area (Å²) in [5.41, 5.74) is 0.794. The molecule has 0 fully saturated rings. The van der Waals surface area contributed by atoms with Crippen molar-refractivity contribution in [3.63, 3.8) is 0 Å². The summed E-state index contributed by atoms with van der Waals surface area (Å²) in [6.45, 7) is 5.70. The summed E-state index contributed by atoms with van der Waals surface area (Å²) >= 11 is 5.74. The van der Waals surface area contributed by atoms with Crippen LogP contribution in [-0.2, 0) is 10.6 Å². The SMILES string of the molecule is COCCN(c1cncc(CCl)n1)C(C)C. The molecule has 5 heteroatoms. The van der Waals surface area contributed by atoms with E-state index >= 15 is 0 Å². The smallest absolute Gasteiger partial charge is 0.147 e. The van der Waals surface area contributed by atoms with Gasteiger partial charge in [-0.05, 0) is 13.8 Å². The molecule has 0 radical (unpaired) electrons. The first-order valence-electron chi connectivity index (χ1n) is 5.31. The molecule has 0 atom stereocenters. The van der Waals surface area contributed by atoms with Gasteiger partial charge in [0.25, 0.3) is 0 Å². The van der Waals surface area contributed by atoms with Crippen LogP contribution in [0, 0.1) is 0 Å². The molecule has 0 saturated carbocycles. The molecule has 0 aliphatic heterocycles. The largest absolute Gasteiger partial charge is 0.383 e. The maximum Gasteiger partial charge on any atom is 0.147 e. The van der Waals surface area contributed by atoms with Gasteiger partial charge in [-0.2, -0.15) is 0 Å². The Balaban J connectivity index is 2.82. The maximum atomic E-state index is 5.74. The molecule has 0 aromatic carbocycles. The number of aromatic nitrogens is 2. The number of halogens is 1. The third-order valence-corrected chi connectivity index (χ3v) is 2.54. The second kappa shape index (κ2) is 6.66. The van der Waals surface area contributed by atoms with Crippen LogP contribution in [0.15, 0.2) is 12.4 Å². The number of hydrogen-bond acceptors (Lipinski definition) is 4. The van der Waals surface area contributed by atoms with Gasteiger partial charge in [-0.15, -0.1) is 11.6 Å². The Morgan fingerprint density at radius 1 is 1.44 bits per heavy atom. The molecule has 0 aliphatic rings. The lowest BCUT2D eigenvalue weighted by Gasteiger charge is -2.27. The highest BCUT2D eigenvalue weighted by Crippen LogP contribution is 2.13. The van der Waals surface area contributed by atoms with Crippen molar-refractivity contribution in [3.8, 4) is 0 Å². The van der Waals surface area contributed by atoms with E-state index in [0.29, 0.717) is 18.5 Å². The van der Waals surface area contributed by atoms with E-state index in [4.69, 9.17) is 16.3 Å². The second-order valence-electron chi connectivity index (χ2n) is 3.78. The summed E-state index contributed by atoms with van der Waals surface area (Å²) in [4.78, 5) is 10.7. The predicted octanol–water partition coefficient (Wildman–Crippen LogP) is 2.08. The molecule has 0 aliphatic carbocycles. The van der Waals surface area contributed by atoms with E-state index in [9.17, 15) is 0 Å². The minimum atomic E-state index is 0.357. The first-order valence-corrected chi connectivity index (χ1v) is 5.85. The van der Waals surface area contributed by atoms with E-state index in [1.807, 2.05) is 0 Å². The molecule has 1 aromatic heterocycles. The zero-order valence-corrected chi connectivity index (χ0v) is 10.7. The summed E-state index contributed by atoms with van der Waals surface area (Å²) in [6, 6.07) is 0.357. The Labute approximate surface area is 102 Å². The van der Waals surface area contributed by atoms with Gasteiger partial charge in [-0.1, -0.05) is 0 Å². The van der Waals surface area contributed by atoms with E-state index in [-0.39, 0.29) is 0 Å². The van der Waals surface area contributed by atoms with E-state index in [1.54, 1.807) is 19.5 Å². The van der Waals surface area contributed by atoms with Gasteiger partial charge in [0.1, 0.15) is 5.82 Å².